The van der Waals surface area contributed by atoms with E-state index < -0.39 is 5.56 Å². The van der Waals surface area contributed by atoms with Crippen LogP contribution in [-0.2, 0) is 6.54 Å². The number of methoxy groups -OCH3 is 1. The number of nitrogens with one attached hydrogen (secondary N) is 1. The standard InChI is InChI=1S/C19H17ClFN3O2/c1-12-4-3-5-15(17(12)20)22-19-23-18(25)16(26-2)11-24(19)10-13-6-8-14(21)9-7-13/h3-9,11H,10H2,1-2H3,(H,22,23,25). The Morgan fingerprint density at radius 3 is 2.65 bits per heavy atom. The summed E-state index contributed by atoms with van der Waals surface area (Å²) in [5, 5.41) is 3.64. The van der Waals surface area contributed by atoms with Gasteiger partial charge in [-0.1, -0.05) is 35.9 Å². The molecule has 0 fully saturated rings. The van der Waals surface area contributed by atoms with Crippen LogP contribution in [0.3, 0.4) is 0 Å². The van der Waals surface area contributed by atoms with Crippen molar-refractivity contribution in [3.63, 3.8) is 0 Å². The lowest BCUT2D eigenvalue weighted by atomic mass is 10.2. The summed E-state index contributed by atoms with van der Waals surface area (Å²) in [4.78, 5) is 16.2. The third-order valence-corrected chi connectivity index (χ3v) is 4.39. The Hall–Kier alpha value is -2.86. The Balaban J connectivity index is 2.02. The van der Waals surface area contributed by atoms with E-state index in [0.717, 1.165) is 11.1 Å². The Morgan fingerprint density at radius 2 is 1.96 bits per heavy atom. The van der Waals surface area contributed by atoms with Crippen molar-refractivity contribution in [2.75, 3.05) is 12.4 Å². The van der Waals surface area contributed by atoms with Gasteiger partial charge in [0, 0.05) is 0 Å². The highest BCUT2D eigenvalue weighted by molar-refractivity contribution is 6.34. The number of anilines is 2. The molecule has 0 radical (unpaired) electrons. The van der Waals surface area contributed by atoms with E-state index in [0.29, 0.717) is 23.2 Å². The molecule has 0 amide bonds. The van der Waals surface area contributed by atoms with Crippen LogP contribution in [0.2, 0.25) is 5.02 Å². The molecule has 0 saturated carbocycles. The molecule has 0 unspecified atom stereocenters. The van der Waals surface area contributed by atoms with Gasteiger partial charge in [-0.05, 0) is 36.2 Å². The van der Waals surface area contributed by atoms with E-state index >= 15 is 0 Å². The van der Waals surface area contributed by atoms with Crippen LogP contribution in [0.15, 0.2) is 53.5 Å². The summed E-state index contributed by atoms with van der Waals surface area (Å²) in [6, 6.07) is 11.6. The van der Waals surface area contributed by atoms with Crippen LogP contribution < -0.4 is 15.6 Å². The molecule has 0 saturated heterocycles. The van der Waals surface area contributed by atoms with Crippen LogP contribution in [0.1, 0.15) is 11.1 Å². The number of aryl methyl sites for hydroxylation is 1. The van der Waals surface area contributed by atoms with Crippen LogP contribution in [0.4, 0.5) is 16.0 Å². The van der Waals surface area contributed by atoms with E-state index in [9.17, 15) is 9.18 Å². The summed E-state index contributed by atoms with van der Waals surface area (Å²) in [7, 11) is 1.41. The number of aromatic nitrogens is 2. The molecular formula is C19H17ClFN3O2. The number of benzene rings is 2. The highest BCUT2D eigenvalue weighted by Gasteiger charge is 2.12. The molecule has 0 aliphatic heterocycles. The minimum Gasteiger partial charge on any atom is -0.490 e. The summed E-state index contributed by atoms with van der Waals surface area (Å²) in [6.07, 6.45) is 1.56. The summed E-state index contributed by atoms with van der Waals surface area (Å²) >= 11 is 6.33. The summed E-state index contributed by atoms with van der Waals surface area (Å²) < 4.78 is 19.9. The van der Waals surface area contributed by atoms with Gasteiger partial charge in [0.1, 0.15) is 5.82 Å². The van der Waals surface area contributed by atoms with Crippen LogP contribution in [-0.4, -0.2) is 16.7 Å². The van der Waals surface area contributed by atoms with E-state index in [1.165, 1.54) is 19.2 Å². The molecule has 0 spiro atoms. The normalized spacial score (nSPS) is 10.6. The van der Waals surface area contributed by atoms with Crippen molar-refractivity contribution in [3.05, 3.63) is 81.0 Å². The molecule has 1 aromatic heterocycles. The molecule has 0 atom stereocenters. The average molecular weight is 374 g/mol. The van der Waals surface area contributed by atoms with Gasteiger partial charge in [0.25, 0.3) is 0 Å². The van der Waals surface area contributed by atoms with Crippen molar-refractivity contribution >= 4 is 23.2 Å². The SMILES string of the molecule is COc1cn(Cc2ccc(F)cc2)c(Nc2cccc(C)c2Cl)nc1=O. The molecular weight excluding hydrogens is 357 g/mol. The predicted octanol–water partition coefficient (Wildman–Crippen LogP) is 4.14. The molecule has 7 heteroatoms. The Morgan fingerprint density at radius 1 is 1.23 bits per heavy atom. The fraction of sp³-hybridized carbons (Fsp3) is 0.158. The molecule has 5 nitrogen and oxygen atoms in total. The van der Waals surface area contributed by atoms with E-state index in [1.54, 1.807) is 29.0 Å². The van der Waals surface area contributed by atoms with Gasteiger partial charge in [-0.2, -0.15) is 4.98 Å². The first kappa shape index (κ1) is 17.9. The van der Waals surface area contributed by atoms with Crippen LogP contribution in [0.25, 0.3) is 0 Å². The fourth-order valence-corrected chi connectivity index (χ4v) is 2.66. The number of hydrogen-bond acceptors (Lipinski definition) is 4. The maximum atomic E-state index is 13.1. The van der Waals surface area contributed by atoms with E-state index in [-0.39, 0.29) is 11.6 Å². The second-order valence-corrected chi connectivity index (χ2v) is 6.13. The summed E-state index contributed by atoms with van der Waals surface area (Å²) in [5.74, 6) is 0.120. The van der Waals surface area contributed by atoms with Crippen LogP contribution in [0.5, 0.6) is 5.75 Å². The van der Waals surface area contributed by atoms with Crippen LogP contribution >= 0.6 is 11.6 Å². The highest BCUT2D eigenvalue weighted by atomic mass is 35.5. The molecule has 0 bridgehead atoms. The zero-order valence-corrected chi connectivity index (χ0v) is 15.0. The van der Waals surface area contributed by atoms with Crippen molar-refractivity contribution in [2.24, 2.45) is 0 Å². The number of hydrogen-bond donors (Lipinski definition) is 1. The minimum atomic E-state index is -0.492. The van der Waals surface area contributed by atoms with Gasteiger partial charge >= 0.3 is 5.56 Å². The predicted molar refractivity (Wildman–Crippen MR) is 100 cm³/mol. The minimum absolute atomic E-state index is 0.119. The van der Waals surface area contributed by atoms with Crippen LogP contribution in [0, 0.1) is 12.7 Å². The molecule has 26 heavy (non-hydrogen) atoms. The van der Waals surface area contributed by atoms with Gasteiger partial charge in [-0.25, -0.2) is 4.39 Å². The van der Waals surface area contributed by atoms with Gasteiger partial charge < -0.3 is 14.6 Å². The Kier molecular flexibility index (Phi) is 5.23. The van der Waals surface area contributed by atoms with Gasteiger partial charge in [-0.3, -0.25) is 4.79 Å². The van der Waals surface area contributed by atoms with E-state index in [4.69, 9.17) is 16.3 Å². The summed E-state index contributed by atoms with van der Waals surface area (Å²) in [6.45, 7) is 2.26. The lowest BCUT2D eigenvalue weighted by molar-refractivity contribution is 0.402. The second-order valence-electron chi connectivity index (χ2n) is 5.75. The third kappa shape index (κ3) is 3.86. The Labute approximate surface area is 155 Å². The molecule has 0 aliphatic carbocycles. The topological polar surface area (TPSA) is 56.1 Å². The van der Waals surface area contributed by atoms with E-state index in [2.05, 4.69) is 10.3 Å². The number of rotatable bonds is 5. The van der Waals surface area contributed by atoms with Crippen molar-refractivity contribution in [1.82, 2.24) is 9.55 Å². The van der Waals surface area contributed by atoms with E-state index in [1.807, 2.05) is 19.1 Å². The second kappa shape index (κ2) is 7.58. The largest absolute Gasteiger partial charge is 0.490 e. The fourth-order valence-electron chi connectivity index (χ4n) is 2.48. The number of ether oxygens (including phenoxy) is 1. The molecule has 2 aromatic carbocycles. The molecule has 1 N–H and O–H groups in total. The molecule has 3 aromatic rings. The van der Waals surface area contributed by atoms with Gasteiger partial charge in [0.05, 0.1) is 30.6 Å². The maximum absolute atomic E-state index is 13.1. The zero-order valence-electron chi connectivity index (χ0n) is 14.3. The first-order valence-electron chi connectivity index (χ1n) is 7.90. The maximum Gasteiger partial charge on any atom is 0.316 e. The smallest absolute Gasteiger partial charge is 0.316 e. The monoisotopic (exact) mass is 373 g/mol. The first-order valence-corrected chi connectivity index (χ1v) is 8.28. The molecule has 1 heterocycles. The van der Waals surface area contributed by atoms with Crippen molar-refractivity contribution < 1.29 is 9.13 Å². The number of halogens is 2. The average Bonchev–Trinajstić information content (AvgIpc) is 2.63. The lowest BCUT2D eigenvalue weighted by Crippen LogP contribution is -2.18. The van der Waals surface area contributed by atoms with Gasteiger partial charge in [0.2, 0.25) is 11.7 Å². The van der Waals surface area contributed by atoms with Crippen molar-refractivity contribution in [3.8, 4) is 5.75 Å². The molecule has 134 valence electrons. The summed E-state index contributed by atoms with van der Waals surface area (Å²) in [5.41, 5.74) is 1.89. The quantitative estimate of drug-likeness (QED) is 0.730. The first-order chi connectivity index (χ1) is 12.5. The molecule has 3 rings (SSSR count). The zero-order chi connectivity index (χ0) is 18.7. The Bertz CT molecular complexity index is 987. The van der Waals surface area contributed by atoms with Gasteiger partial charge in [-0.15, -0.1) is 0 Å². The van der Waals surface area contributed by atoms with Crippen molar-refractivity contribution in [2.45, 2.75) is 13.5 Å². The number of nitrogens with zero attached hydrogens (tertiary/aromatic N) is 2. The van der Waals surface area contributed by atoms with Gasteiger partial charge in [0.15, 0.2) is 0 Å². The molecule has 0 aliphatic rings. The lowest BCUT2D eigenvalue weighted by Gasteiger charge is -2.16. The third-order valence-electron chi connectivity index (χ3n) is 3.89. The highest BCUT2D eigenvalue weighted by Crippen LogP contribution is 2.27. The van der Waals surface area contributed by atoms with Crippen molar-refractivity contribution in [1.29, 1.82) is 0 Å².